The molecule has 0 bridgehead atoms. The summed E-state index contributed by atoms with van der Waals surface area (Å²) in [5, 5.41) is 0. The van der Waals surface area contributed by atoms with Crippen LogP contribution in [0.5, 0.6) is 0 Å². The molecule has 125 valence electrons. The molecule has 0 heterocycles. The van der Waals surface area contributed by atoms with Crippen LogP contribution in [0, 0.1) is 12.3 Å². The van der Waals surface area contributed by atoms with E-state index >= 15 is 0 Å². The first-order valence-electron chi connectivity index (χ1n) is 9.22. The summed E-state index contributed by atoms with van der Waals surface area (Å²) in [6.45, 7) is 13.7. The molecule has 0 aliphatic heterocycles. The third-order valence-corrected chi connectivity index (χ3v) is 5.09. The average molecular weight is 317 g/mol. The molecule has 0 fully saturated rings. The Morgan fingerprint density at radius 1 is 0.667 bits per heavy atom. The van der Waals surface area contributed by atoms with Crippen LogP contribution in [-0.4, -0.2) is 0 Å². The van der Waals surface area contributed by atoms with Gasteiger partial charge < -0.3 is 0 Å². The maximum atomic E-state index is 2.42. The summed E-state index contributed by atoms with van der Waals surface area (Å²) in [5.41, 5.74) is 9.97. The molecule has 2 aromatic rings. The van der Waals surface area contributed by atoms with Crippen LogP contribution >= 0.6 is 0 Å². The van der Waals surface area contributed by atoms with Crippen LogP contribution in [0.4, 0.5) is 0 Å². The van der Waals surface area contributed by atoms with Crippen molar-refractivity contribution in [2.45, 2.75) is 53.4 Å². The molecule has 0 amide bonds. The SMILES string of the molecule is CC(C)C1=Cc2c(ccc(C(C)C)c2-c2ccccc2C(C)C)[CH]1. The minimum Gasteiger partial charge on any atom is -0.0619 e. The number of hydrogen-bond donors (Lipinski definition) is 0. The Hall–Kier alpha value is -1.82. The van der Waals surface area contributed by atoms with Gasteiger partial charge in [0.1, 0.15) is 0 Å². The summed E-state index contributed by atoms with van der Waals surface area (Å²) < 4.78 is 0. The van der Waals surface area contributed by atoms with Crippen molar-refractivity contribution in [3.63, 3.8) is 0 Å². The fraction of sp³-hybridized carbons (Fsp3) is 0.375. The third-order valence-electron chi connectivity index (χ3n) is 5.09. The maximum absolute atomic E-state index is 2.42. The molecule has 2 aromatic carbocycles. The molecule has 0 nitrogen and oxygen atoms in total. The van der Waals surface area contributed by atoms with Gasteiger partial charge in [-0.05, 0) is 51.1 Å². The first-order chi connectivity index (χ1) is 11.4. The van der Waals surface area contributed by atoms with Gasteiger partial charge in [-0.2, -0.15) is 0 Å². The van der Waals surface area contributed by atoms with E-state index in [0.29, 0.717) is 17.8 Å². The van der Waals surface area contributed by atoms with Crippen molar-refractivity contribution in [3.8, 4) is 11.1 Å². The monoisotopic (exact) mass is 317 g/mol. The normalized spacial score (nSPS) is 13.8. The molecule has 1 aliphatic carbocycles. The van der Waals surface area contributed by atoms with Crippen molar-refractivity contribution in [1.82, 2.24) is 0 Å². The summed E-state index contributed by atoms with van der Waals surface area (Å²) in [6, 6.07) is 13.6. The molecular weight excluding hydrogens is 288 g/mol. The van der Waals surface area contributed by atoms with Gasteiger partial charge in [0.2, 0.25) is 0 Å². The number of allylic oxidation sites excluding steroid dienone is 1. The highest BCUT2D eigenvalue weighted by molar-refractivity contribution is 5.87. The highest BCUT2D eigenvalue weighted by Gasteiger charge is 2.23. The van der Waals surface area contributed by atoms with E-state index in [1.165, 1.54) is 39.0 Å². The Kier molecular flexibility index (Phi) is 4.67. The molecule has 0 spiro atoms. The van der Waals surface area contributed by atoms with Crippen LogP contribution in [-0.2, 0) is 0 Å². The Balaban J connectivity index is 2.30. The van der Waals surface area contributed by atoms with E-state index in [9.17, 15) is 0 Å². The van der Waals surface area contributed by atoms with Crippen LogP contribution in [0.15, 0.2) is 42.0 Å². The first-order valence-corrected chi connectivity index (χ1v) is 9.22. The lowest BCUT2D eigenvalue weighted by atomic mass is 9.83. The van der Waals surface area contributed by atoms with Gasteiger partial charge in [0.05, 0.1) is 0 Å². The molecule has 0 saturated carbocycles. The zero-order valence-corrected chi connectivity index (χ0v) is 15.9. The van der Waals surface area contributed by atoms with Crippen molar-refractivity contribution in [2.24, 2.45) is 5.92 Å². The van der Waals surface area contributed by atoms with E-state index in [1.54, 1.807) is 0 Å². The number of fused-ring (bicyclic) bond motifs is 1. The third kappa shape index (κ3) is 2.95. The second-order valence-corrected chi connectivity index (χ2v) is 7.87. The largest absolute Gasteiger partial charge is 0.0619 e. The predicted molar refractivity (Wildman–Crippen MR) is 106 cm³/mol. The molecule has 1 radical (unpaired) electrons. The molecule has 0 saturated heterocycles. The number of hydrogen-bond acceptors (Lipinski definition) is 0. The maximum Gasteiger partial charge on any atom is 0.0167 e. The quantitative estimate of drug-likeness (QED) is 0.559. The van der Waals surface area contributed by atoms with Gasteiger partial charge in [-0.25, -0.2) is 0 Å². The second-order valence-electron chi connectivity index (χ2n) is 7.87. The van der Waals surface area contributed by atoms with Gasteiger partial charge in [-0.15, -0.1) is 0 Å². The summed E-state index contributed by atoms with van der Waals surface area (Å²) in [7, 11) is 0. The van der Waals surface area contributed by atoms with Gasteiger partial charge in [-0.1, -0.05) is 89.6 Å². The van der Waals surface area contributed by atoms with Gasteiger partial charge in [0, 0.05) is 6.42 Å². The lowest BCUT2D eigenvalue weighted by Gasteiger charge is -2.21. The van der Waals surface area contributed by atoms with Gasteiger partial charge in [-0.3, -0.25) is 0 Å². The van der Waals surface area contributed by atoms with Crippen molar-refractivity contribution in [1.29, 1.82) is 0 Å². The molecule has 0 N–H and O–H groups in total. The lowest BCUT2D eigenvalue weighted by Crippen LogP contribution is -2.00. The Labute approximate surface area is 147 Å². The molecule has 0 atom stereocenters. The van der Waals surface area contributed by atoms with E-state index < -0.39 is 0 Å². The van der Waals surface area contributed by atoms with Crippen molar-refractivity contribution in [2.75, 3.05) is 0 Å². The minimum absolute atomic E-state index is 0.516. The zero-order valence-electron chi connectivity index (χ0n) is 15.9. The Bertz CT molecular complexity index is 773. The molecule has 1 aliphatic rings. The topological polar surface area (TPSA) is 0 Å². The molecule has 3 rings (SSSR count). The molecule has 0 unspecified atom stereocenters. The molecule has 24 heavy (non-hydrogen) atoms. The van der Waals surface area contributed by atoms with E-state index in [1.807, 2.05) is 0 Å². The first kappa shape index (κ1) is 17.0. The highest BCUT2D eigenvalue weighted by Crippen LogP contribution is 2.43. The average Bonchev–Trinajstić information content (AvgIpc) is 2.98. The molecular formula is C24H29. The molecule has 0 aromatic heterocycles. The van der Waals surface area contributed by atoms with Crippen molar-refractivity contribution in [3.05, 3.63) is 70.6 Å². The molecule has 0 heteroatoms. The van der Waals surface area contributed by atoms with E-state index in [0.717, 1.165) is 0 Å². The number of benzene rings is 2. The van der Waals surface area contributed by atoms with E-state index in [4.69, 9.17) is 0 Å². The fourth-order valence-electron chi connectivity index (χ4n) is 3.66. The standard InChI is InChI=1S/C24H29/c1-15(2)19-13-18-11-12-21(17(5)6)24(23(18)14-19)22-10-8-7-9-20(22)16(3)4/h7-17H,1-6H3. The summed E-state index contributed by atoms with van der Waals surface area (Å²) in [5.74, 6) is 1.60. The van der Waals surface area contributed by atoms with Crippen LogP contribution in [0.2, 0.25) is 0 Å². The van der Waals surface area contributed by atoms with Gasteiger partial charge in [0.15, 0.2) is 0 Å². The minimum atomic E-state index is 0.516. The highest BCUT2D eigenvalue weighted by atomic mass is 14.3. The predicted octanol–water partition coefficient (Wildman–Crippen LogP) is 7.21. The fourth-order valence-corrected chi connectivity index (χ4v) is 3.66. The summed E-state index contributed by atoms with van der Waals surface area (Å²) in [4.78, 5) is 0. The van der Waals surface area contributed by atoms with Crippen LogP contribution < -0.4 is 0 Å². The zero-order chi connectivity index (χ0) is 17.4. The van der Waals surface area contributed by atoms with E-state index in [2.05, 4.69) is 90.4 Å². The van der Waals surface area contributed by atoms with Gasteiger partial charge >= 0.3 is 0 Å². The second kappa shape index (κ2) is 6.59. The van der Waals surface area contributed by atoms with E-state index in [-0.39, 0.29) is 0 Å². The smallest absolute Gasteiger partial charge is 0.0167 e. The summed E-state index contributed by atoms with van der Waals surface area (Å²) in [6.07, 6.45) is 4.78. The van der Waals surface area contributed by atoms with Crippen LogP contribution in [0.3, 0.4) is 0 Å². The lowest BCUT2D eigenvalue weighted by molar-refractivity contribution is 0.789. The Morgan fingerprint density at radius 3 is 1.96 bits per heavy atom. The summed E-state index contributed by atoms with van der Waals surface area (Å²) >= 11 is 0. The van der Waals surface area contributed by atoms with Crippen LogP contribution in [0.25, 0.3) is 17.2 Å². The Morgan fingerprint density at radius 2 is 1.33 bits per heavy atom. The van der Waals surface area contributed by atoms with Crippen LogP contribution in [0.1, 0.15) is 75.6 Å². The van der Waals surface area contributed by atoms with Crippen molar-refractivity contribution >= 4 is 6.08 Å². The van der Waals surface area contributed by atoms with Crippen molar-refractivity contribution < 1.29 is 0 Å². The van der Waals surface area contributed by atoms with Gasteiger partial charge in [0.25, 0.3) is 0 Å². The number of rotatable bonds is 4.